The predicted octanol–water partition coefficient (Wildman–Crippen LogP) is -0.160. The molecule has 4 amide bonds. The van der Waals surface area contributed by atoms with E-state index in [-0.39, 0.29) is 17.7 Å². The highest BCUT2D eigenvalue weighted by molar-refractivity contribution is 5.92. The van der Waals surface area contributed by atoms with Crippen LogP contribution in [0, 0.1) is 11.8 Å². The molecule has 5 N–H and O–H groups in total. The van der Waals surface area contributed by atoms with Gasteiger partial charge in [0.15, 0.2) is 0 Å². The monoisotopic (exact) mass is 439 g/mol. The highest BCUT2D eigenvalue weighted by Gasteiger charge is 2.33. The number of carbonyl (C=O) groups excluding carboxylic acids is 4. The Morgan fingerprint density at radius 1 is 1.13 bits per heavy atom. The van der Waals surface area contributed by atoms with Gasteiger partial charge in [-0.1, -0.05) is 32.9 Å². The SMILES string of the molecule is C/C=C/C(OC)C(C)C(=O)NC(C(=O)NC(C)C(=O)N1CCCC(C(N)=O)N1)C(C)C. The highest BCUT2D eigenvalue weighted by atomic mass is 16.5. The third kappa shape index (κ3) is 7.62. The van der Waals surface area contributed by atoms with Gasteiger partial charge in [-0.2, -0.15) is 0 Å². The molecule has 176 valence electrons. The number of hydrazine groups is 1. The number of ether oxygens (including phenoxy) is 1. The summed E-state index contributed by atoms with van der Waals surface area (Å²) in [6.45, 7) is 9.15. The summed E-state index contributed by atoms with van der Waals surface area (Å²) < 4.78 is 5.33. The molecule has 0 aromatic rings. The van der Waals surface area contributed by atoms with Crippen molar-refractivity contribution < 1.29 is 23.9 Å². The van der Waals surface area contributed by atoms with E-state index in [4.69, 9.17) is 10.5 Å². The van der Waals surface area contributed by atoms with E-state index < -0.39 is 42.0 Å². The smallest absolute Gasteiger partial charge is 0.258 e. The summed E-state index contributed by atoms with van der Waals surface area (Å²) >= 11 is 0. The summed E-state index contributed by atoms with van der Waals surface area (Å²) in [6.07, 6.45) is 4.35. The van der Waals surface area contributed by atoms with Gasteiger partial charge in [-0.15, -0.1) is 0 Å². The summed E-state index contributed by atoms with van der Waals surface area (Å²) in [7, 11) is 1.52. The van der Waals surface area contributed by atoms with E-state index in [2.05, 4.69) is 16.1 Å². The lowest BCUT2D eigenvalue weighted by Gasteiger charge is -2.34. The lowest BCUT2D eigenvalue weighted by atomic mass is 9.99. The van der Waals surface area contributed by atoms with Crippen LogP contribution in [-0.2, 0) is 23.9 Å². The number of methoxy groups -OCH3 is 1. The Morgan fingerprint density at radius 3 is 2.29 bits per heavy atom. The summed E-state index contributed by atoms with van der Waals surface area (Å²) in [5.41, 5.74) is 8.12. The molecular weight excluding hydrogens is 402 g/mol. The van der Waals surface area contributed by atoms with E-state index in [0.717, 1.165) is 0 Å². The van der Waals surface area contributed by atoms with Crippen molar-refractivity contribution in [3.63, 3.8) is 0 Å². The van der Waals surface area contributed by atoms with Crippen LogP contribution in [0.4, 0.5) is 0 Å². The molecule has 0 aromatic carbocycles. The topological polar surface area (TPSA) is 143 Å². The van der Waals surface area contributed by atoms with Crippen molar-refractivity contribution in [3.05, 3.63) is 12.2 Å². The van der Waals surface area contributed by atoms with E-state index in [1.54, 1.807) is 26.0 Å². The van der Waals surface area contributed by atoms with Crippen molar-refractivity contribution in [2.45, 2.75) is 71.7 Å². The van der Waals surface area contributed by atoms with E-state index >= 15 is 0 Å². The molecule has 5 unspecified atom stereocenters. The zero-order valence-corrected chi connectivity index (χ0v) is 19.3. The van der Waals surface area contributed by atoms with E-state index in [0.29, 0.717) is 19.4 Å². The number of carbonyl (C=O) groups is 4. The van der Waals surface area contributed by atoms with E-state index in [1.807, 2.05) is 20.8 Å². The standard InChI is InChI=1S/C21H37N5O5/c1-7-9-16(31-6)13(4)19(28)24-17(12(2)3)20(29)23-14(5)21(30)26-11-8-10-15(25-26)18(22)27/h7,9,12-17,25H,8,10-11H2,1-6H3,(H2,22,27)(H,23,29)(H,24,28)/b9-7+. The molecule has 0 bridgehead atoms. The first-order valence-electron chi connectivity index (χ1n) is 10.7. The fraction of sp³-hybridized carbons (Fsp3) is 0.714. The van der Waals surface area contributed by atoms with Crippen LogP contribution in [0.1, 0.15) is 47.5 Å². The third-order valence-electron chi connectivity index (χ3n) is 5.33. The Balaban J connectivity index is 2.77. The van der Waals surface area contributed by atoms with Crippen LogP contribution in [0.3, 0.4) is 0 Å². The highest BCUT2D eigenvalue weighted by Crippen LogP contribution is 2.12. The molecule has 1 aliphatic rings. The van der Waals surface area contributed by atoms with Crippen LogP contribution in [0.2, 0.25) is 0 Å². The number of nitrogens with one attached hydrogen (secondary N) is 3. The van der Waals surface area contributed by atoms with Crippen LogP contribution >= 0.6 is 0 Å². The number of hydrogen-bond acceptors (Lipinski definition) is 6. The number of nitrogens with two attached hydrogens (primary N) is 1. The Bertz CT molecular complexity index is 681. The molecule has 0 radical (unpaired) electrons. The fourth-order valence-corrected chi connectivity index (χ4v) is 3.36. The first kappa shape index (κ1) is 26.6. The van der Waals surface area contributed by atoms with Gasteiger partial charge in [-0.25, -0.2) is 5.43 Å². The largest absolute Gasteiger partial charge is 0.377 e. The molecule has 1 aliphatic heterocycles. The molecule has 31 heavy (non-hydrogen) atoms. The number of allylic oxidation sites excluding steroid dienone is 1. The Kier molecular flexibility index (Phi) is 10.6. The Hall–Kier alpha value is -2.46. The van der Waals surface area contributed by atoms with Gasteiger partial charge in [0.25, 0.3) is 5.91 Å². The number of nitrogens with zero attached hydrogens (tertiary/aromatic N) is 1. The average Bonchev–Trinajstić information content (AvgIpc) is 2.74. The minimum absolute atomic E-state index is 0.200. The van der Waals surface area contributed by atoms with Crippen LogP contribution in [0.15, 0.2) is 12.2 Å². The van der Waals surface area contributed by atoms with Crippen LogP contribution in [0.5, 0.6) is 0 Å². The lowest BCUT2D eigenvalue weighted by Crippen LogP contribution is -2.61. The number of hydrogen-bond donors (Lipinski definition) is 4. The zero-order chi connectivity index (χ0) is 23.7. The van der Waals surface area contributed by atoms with Gasteiger partial charge < -0.3 is 21.1 Å². The van der Waals surface area contributed by atoms with Gasteiger partial charge in [0.1, 0.15) is 18.1 Å². The summed E-state index contributed by atoms with van der Waals surface area (Å²) in [4.78, 5) is 49.6. The quantitative estimate of drug-likeness (QED) is 0.348. The zero-order valence-electron chi connectivity index (χ0n) is 19.3. The molecule has 0 spiro atoms. The molecular formula is C21H37N5O5. The van der Waals surface area contributed by atoms with Crippen molar-refractivity contribution >= 4 is 23.6 Å². The van der Waals surface area contributed by atoms with E-state index in [9.17, 15) is 19.2 Å². The summed E-state index contributed by atoms with van der Waals surface area (Å²) in [5.74, 6) is -2.39. The van der Waals surface area contributed by atoms with E-state index in [1.165, 1.54) is 12.1 Å². The Labute approximate surface area is 184 Å². The van der Waals surface area contributed by atoms with Gasteiger partial charge in [0.2, 0.25) is 17.7 Å². The average molecular weight is 440 g/mol. The first-order chi connectivity index (χ1) is 14.5. The molecule has 1 heterocycles. The van der Waals surface area contributed by atoms with Gasteiger partial charge in [0.05, 0.1) is 12.0 Å². The third-order valence-corrected chi connectivity index (χ3v) is 5.33. The van der Waals surface area contributed by atoms with Crippen molar-refractivity contribution in [2.75, 3.05) is 13.7 Å². The second-order valence-electron chi connectivity index (χ2n) is 8.19. The minimum Gasteiger partial charge on any atom is -0.377 e. The molecule has 10 heteroatoms. The van der Waals surface area contributed by atoms with Crippen LogP contribution in [-0.4, -0.2) is 66.5 Å². The maximum absolute atomic E-state index is 12.8. The number of rotatable bonds is 10. The maximum atomic E-state index is 12.8. The first-order valence-corrected chi connectivity index (χ1v) is 10.7. The predicted molar refractivity (Wildman–Crippen MR) is 116 cm³/mol. The van der Waals surface area contributed by atoms with Crippen molar-refractivity contribution in [1.29, 1.82) is 0 Å². The summed E-state index contributed by atoms with van der Waals surface area (Å²) in [6, 6.07) is -2.28. The van der Waals surface area contributed by atoms with Crippen LogP contribution in [0.25, 0.3) is 0 Å². The molecule has 1 saturated heterocycles. The molecule has 0 aliphatic carbocycles. The molecule has 1 fully saturated rings. The van der Waals surface area contributed by atoms with Gasteiger partial charge in [-0.3, -0.25) is 24.2 Å². The molecule has 0 aromatic heterocycles. The van der Waals surface area contributed by atoms with Crippen molar-refractivity contribution in [2.24, 2.45) is 17.6 Å². The minimum atomic E-state index is -0.850. The molecule has 10 nitrogen and oxygen atoms in total. The maximum Gasteiger partial charge on any atom is 0.258 e. The molecule has 1 rings (SSSR count). The second-order valence-corrected chi connectivity index (χ2v) is 8.19. The lowest BCUT2D eigenvalue weighted by molar-refractivity contribution is -0.143. The van der Waals surface area contributed by atoms with Gasteiger partial charge >= 0.3 is 0 Å². The molecule has 0 saturated carbocycles. The van der Waals surface area contributed by atoms with Crippen LogP contribution < -0.4 is 21.8 Å². The van der Waals surface area contributed by atoms with Crippen molar-refractivity contribution in [3.8, 4) is 0 Å². The van der Waals surface area contributed by atoms with Crippen molar-refractivity contribution in [1.82, 2.24) is 21.1 Å². The number of amides is 4. The van der Waals surface area contributed by atoms with Gasteiger partial charge in [0, 0.05) is 13.7 Å². The number of primary amides is 1. The fourth-order valence-electron chi connectivity index (χ4n) is 3.36. The molecule has 5 atom stereocenters. The normalized spacial score (nSPS) is 20.7. The Morgan fingerprint density at radius 2 is 1.77 bits per heavy atom. The summed E-state index contributed by atoms with van der Waals surface area (Å²) in [5, 5.41) is 6.75. The second kappa shape index (κ2) is 12.4. The van der Waals surface area contributed by atoms with Gasteiger partial charge in [-0.05, 0) is 32.6 Å².